The van der Waals surface area contributed by atoms with Crippen LogP contribution in [0.2, 0.25) is 0 Å². The number of nitriles is 1. The quantitative estimate of drug-likeness (QED) is 0.395. The number of nitrogens with one attached hydrogen (secondary N) is 2. The minimum absolute atomic E-state index is 0.0817. The van der Waals surface area contributed by atoms with Crippen molar-refractivity contribution < 1.29 is 4.79 Å². The standard InChI is InChI=1S/C24H21N5O2/c1-15-20(19-11-7-8-12-21(19)26-15)13-17(14-25)23(30)27-22-16(2)28(3)29(24(22)31)18-9-5-4-6-10-18/h4-13,26H,1-3H3,(H,27,30)/b17-13+. The molecule has 0 unspecified atom stereocenters. The summed E-state index contributed by atoms with van der Waals surface area (Å²) < 4.78 is 3.15. The molecule has 1 amide bonds. The first-order valence-corrected chi connectivity index (χ1v) is 9.77. The van der Waals surface area contributed by atoms with Crippen molar-refractivity contribution in [2.75, 3.05) is 5.32 Å². The van der Waals surface area contributed by atoms with Crippen LogP contribution in [0.1, 0.15) is 17.0 Å². The Bertz CT molecular complexity index is 1430. The van der Waals surface area contributed by atoms with Crippen molar-refractivity contribution >= 4 is 28.6 Å². The Kier molecular flexibility index (Phi) is 5.05. The van der Waals surface area contributed by atoms with Crippen LogP contribution in [0, 0.1) is 25.2 Å². The lowest BCUT2D eigenvalue weighted by atomic mass is 10.1. The van der Waals surface area contributed by atoms with Crippen molar-refractivity contribution in [1.82, 2.24) is 14.3 Å². The van der Waals surface area contributed by atoms with Gasteiger partial charge >= 0.3 is 0 Å². The van der Waals surface area contributed by atoms with Gasteiger partial charge in [-0.05, 0) is 38.1 Å². The van der Waals surface area contributed by atoms with E-state index >= 15 is 0 Å². The first kappa shape index (κ1) is 20.0. The highest BCUT2D eigenvalue weighted by molar-refractivity contribution is 6.11. The van der Waals surface area contributed by atoms with E-state index in [1.165, 1.54) is 4.68 Å². The maximum Gasteiger partial charge on any atom is 0.295 e. The number of hydrogen-bond donors (Lipinski definition) is 2. The number of H-pyrrole nitrogens is 1. The summed E-state index contributed by atoms with van der Waals surface area (Å²) in [6.45, 7) is 3.63. The minimum Gasteiger partial charge on any atom is -0.358 e. The number of hydrogen-bond acceptors (Lipinski definition) is 3. The van der Waals surface area contributed by atoms with Crippen molar-refractivity contribution in [3.05, 3.63) is 87.5 Å². The summed E-state index contributed by atoms with van der Waals surface area (Å²) in [4.78, 5) is 29.2. The fourth-order valence-corrected chi connectivity index (χ4v) is 3.67. The van der Waals surface area contributed by atoms with Gasteiger partial charge in [-0.15, -0.1) is 0 Å². The molecule has 154 valence electrons. The molecule has 0 atom stereocenters. The predicted molar refractivity (Wildman–Crippen MR) is 121 cm³/mol. The summed E-state index contributed by atoms with van der Waals surface area (Å²) in [6.07, 6.45) is 1.55. The molecule has 0 spiro atoms. The number of para-hydroxylation sites is 2. The molecule has 0 bridgehead atoms. The zero-order valence-corrected chi connectivity index (χ0v) is 17.4. The molecular weight excluding hydrogens is 390 g/mol. The maximum absolute atomic E-state index is 13.0. The highest BCUT2D eigenvalue weighted by atomic mass is 16.2. The SMILES string of the molecule is Cc1[nH]c2ccccc2c1/C=C(\C#N)C(=O)Nc1c(C)n(C)n(-c2ccccc2)c1=O. The van der Waals surface area contributed by atoms with Gasteiger partial charge in [0.25, 0.3) is 11.5 Å². The molecule has 31 heavy (non-hydrogen) atoms. The lowest BCUT2D eigenvalue weighted by Crippen LogP contribution is -2.23. The van der Waals surface area contributed by atoms with Crippen molar-refractivity contribution in [2.24, 2.45) is 7.05 Å². The molecule has 0 aliphatic rings. The van der Waals surface area contributed by atoms with Crippen LogP contribution in [0.25, 0.3) is 22.7 Å². The molecule has 2 N–H and O–H groups in total. The van der Waals surface area contributed by atoms with Crippen LogP contribution in [0.4, 0.5) is 5.69 Å². The highest BCUT2D eigenvalue weighted by Crippen LogP contribution is 2.24. The Balaban J connectivity index is 1.72. The van der Waals surface area contributed by atoms with E-state index in [1.807, 2.05) is 67.6 Å². The Morgan fingerprint density at radius 3 is 2.48 bits per heavy atom. The van der Waals surface area contributed by atoms with Gasteiger partial charge in [0.05, 0.1) is 11.4 Å². The second-order valence-corrected chi connectivity index (χ2v) is 7.27. The van der Waals surface area contributed by atoms with Gasteiger partial charge < -0.3 is 10.3 Å². The molecule has 0 saturated heterocycles. The summed E-state index contributed by atoms with van der Waals surface area (Å²) in [5.74, 6) is -0.627. The van der Waals surface area contributed by atoms with Crippen molar-refractivity contribution in [3.8, 4) is 11.8 Å². The third-order valence-corrected chi connectivity index (χ3v) is 5.39. The van der Waals surface area contributed by atoms with E-state index in [4.69, 9.17) is 0 Å². The van der Waals surface area contributed by atoms with Crippen LogP contribution < -0.4 is 10.9 Å². The Hall–Kier alpha value is -4.31. The zero-order valence-electron chi connectivity index (χ0n) is 17.4. The van der Waals surface area contributed by atoms with E-state index in [9.17, 15) is 14.9 Å². The van der Waals surface area contributed by atoms with Gasteiger partial charge in [-0.3, -0.25) is 14.3 Å². The van der Waals surface area contributed by atoms with Crippen LogP contribution in [0.3, 0.4) is 0 Å². The number of anilines is 1. The van der Waals surface area contributed by atoms with Crippen molar-refractivity contribution in [3.63, 3.8) is 0 Å². The number of aromatic amines is 1. The molecule has 2 aromatic carbocycles. The van der Waals surface area contributed by atoms with Crippen LogP contribution in [0.5, 0.6) is 0 Å². The number of benzene rings is 2. The number of aromatic nitrogens is 3. The van der Waals surface area contributed by atoms with E-state index in [0.717, 1.165) is 22.2 Å². The summed E-state index contributed by atoms with van der Waals surface area (Å²) in [5, 5.41) is 13.2. The fraction of sp³-hybridized carbons (Fsp3) is 0.125. The van der Waals surface area contributed by atoms with E-state index in [0.29, 0.717) is 11.4 Å². The van der Waals surface area contributed by atoms with E-state index in [2.05, 4.69) is 10.3 Å². The van der Waals surface area contributed by atoms with Crippen LogP contribution in [-0.4, -0.2) is 20.3 Å². The third kappa shape index (κ3) is 3.45. The van der Waals surface area contributed by atoms with Crippen molar-refractivity contribution in [2.45, 2.75) is 13.8 Å². The average Bonchev–Trinajstić information content (AvgIpc) is 3.20. The summed E-state index contributed by atoms with van der Waals surface area (Å²) in [7, 11) is 1.75. The normalized spacial score (nSPS) is 11.5. The number of carbonyl (C=O) groups excluding carboxylic acids is 1. The largest absolute Gasteiger partial charge is 0.358 e. The number of nitrogens with zero attached hydrogens (tertiary/aromatic N) is 3. The molecule has 0 aliphatic heterocycles. The van der Waals surface area contributed by atoms with Crippen LogP contribution >= 0.6 is 0 Å². The predicted octanol–water partition coefficient (Wildman–Crippen LogP) is 3.82. The third-order valence-electron chi connectivity index (χ3n) is 5.39. The smallest absolute Gasteiger partial charge is 0.295 e. The summed E-state index contributed by atoms with van der Waals surface area (Å²) in [5.41, 5.74) is 3.52. The van der Waals surface area contributed by atoms with Crippen LogP contribution in [0.15, 0.2) is 65.0 Å². The molecule has 0 aliphatic carbocycles. The zero-order chi connectivity index (χ0) is 22.1. The highest BCUT2D eigenvalue weighted by Gasteiger charge is 2.20. The Morgan fingerprint density at radius 2 is 1.77 bits per heavy atom. The minimum atomic E-state index is -0.627. The van der Waals surface area contributed by atoms with Crippen LogP contribution in [-0.2, 0) is 11.8 Å². The molecule has 0 saturated carbocycles. The molecule has 0 fully saturated rings. The lowest BCUT2D eigenvalue weighted by molar-refractivity contribution is -0.112. The van der Waals surface area contributed by atoms with Gasteiger partial charge in [-0.25, -0.2) is 4.68 Å². The molecule has 4 rings (SSSR count). The molecule has 2 aromatic heterocycles. The molecule has 4 aromatic rings. The summed E-state index contributed by atoms with van der Waals surface area (Å²) in [6, 6.07) is 18.8. The number of fused-ring (bicyclic) bond motifs is 1. The molecule has 7 nitrogen and oxygen atoms in total. The van der Waals surface area contributed by atoms with E-state index in [1.54, 1.807) is 24.7 Å². The number of aryl methyl sites for hydroxylation is 1. The molecule has 2 heterocycles. The topological polar surface area (TPSA) is 95.6 Å². The van der Waals surface area contributed by atoms with Crippen molar-refractivity contribution in [1.29, 1.82) is 5.26 Å². The Morgan fingerprint density at radius 1 is 1.10 bits per heavy atom. The first-order chi connectivity index (χ1) is 14.9. The number of rotatable bonds is 4. The Labute approximate surface area is 178 Å². The lowest BCUT2D eigenvalue weighted by Gasteiger charge is -2.07. The van der Waals surface area contributed by atoms with E-state index in [-0.39, 0.29) is 16.8 Å². The second kappa shape index (κ2) is 7.84. The second-order valence-electron chi connectivity index (χ2n) is 7.27. The first-order valence-electron chi connectivity index (χ1n) is 9.77. The summed E-state index contributed by atoms with van der Waals surface area (Å²) >= 11 is 0. The van der Waals surface area contributed by atoms with Gasteiger partial charge in [-0.1, -0.05) is 36.4 Å². The average molecular weight is 411 g/mol. The molecular formula is C24H21N5O2. The van der Waals surface area contributed by atoms with Gasteiger partial charge in [0, 0.05) is 29.2 Å². The maximum atomic E-state index is 13.0. The number of carbonyl (C=O) groups is 1. The van der Waals surface area contributed by atoms with E-state index < -0.39 is 5.91 Å². The molecule has 0 radical (unpaired) electrons. The monoisotopic (exact) mass is 411 g/mol. The number of amides is 1. The molecule has 7 heteroatoms. The van der Waals surface area contributed by atoms with Gasteiger partial charge in [-0.2, -0.15) is 5.26 Å². The fourth-order valence-electron chi connectivity index (χ4n) is 3.67. The van der Waals surface area contributed by atoms with Gasteiger partial charge in [0.15, 0.2) is 0 Å². The van der Waals surface area contributed by atoms with Gasteiger partial charge in [0.1, 0.15) is 17.3 Å². The van der Waals surface area contributed by atoms with Gasteiger partial charge in [0.2, 0.25) is 0 Å².